The van der Waals surface area contributed by atoms with E-state index in [4.69, 9.17) is 10.5 Å². The zero-order valence-corrected chi connectivity index (χ0v) is 12.0. The Balaban J connectivity index is 1.93. The third-order valence-corrected chi connectivity index (χ3v) is 4.37. The molecule has 1 aromatic carbocycles. The van der Waals surface area contributed by atoms with Gasteiger partial charge in [-0.25, -0.2) is 4.79 Å². The van der Waals surface area contributed by atoms with Gasteiger partial charge in [-0.1, -0.05) is 0 Å². The van der Waals surface area contributed by atoms with Crippen LogP contribution in [0.15, 0.2) is 18.2 Å². The van der Waals surface area contributed by atoms with E-state index >= 15 is 0 Å². The molecule has 2 saturated heterocycles. The van der Waals surface area contributed by atoms with Gasteiger partial charge in [-0.3, -0.25) is 4.79 Å². The van der Waals surface area contributed by atoms with Crippen molar-refractivity contribution in [1.29, 1.82) is 0 Å². The number of hydrogen-bond acceptors (Lipinski definition) is 5. The third-order valence-electron chi connectivity index (χ3n) is 4.37. The number of hydrogen-bond donors (Lipinski definition) is 2. The second kappa shape index (κ2) is 5.27. The van der Waals surface area contributed by atoms with Gasteiger partial charge >= 0.3 is 5.97 Å². The average Bonchev–Trinajstić information content (AvgIpc) is 2.89. The molecule has 6 heteroatoms. The van der Waals surface area contributed by atoms with Gasteiger partial charge in [0.05, 0.1) is 24.6 Å². The SMILES string of the molecule is COC(=O)c1cc(N2CCCC3C(=O)NCC32)ccc1N. The number of nitrogens with one attached hydrogen (secondary N) is 1. The molecule has 2 aliphatic rings. The first kappa shape index (κ1) is 13.7. The van der Waals surface area contributed by atoms with E-state index < -0.39 is 5.97 Å². The van der Waals surface area contributed by atoms with Crippen molar-refractivity contribution in [2.24, 2.45) is 5.92 Å². The number of amides is 1. The molecular formula is C15H19N3O3. The van der Waals surface area contributed by atoms with Crippen LogP contribution in [-0.4, -0.2) is 38.1 Å². The lowest BCUT2D eigenvalue weighted by molar-refractivity contribution is -0.123. The van der Waals surface area contributed by atoms with Crippen molar-refractivity contribution >= 4 is 23.3 Å². The van der Waals surface area contributed by atoms with E-state index in [0.717, 1.165) is 25.1 Å². The van der Waals surface area contributed by atoms with E-state index in [0.29, 0.717) is 17.8 Å². The quantitative estimate of drug-likeness (QED) is 0.620. The Kier molecular flexibility index (Phi) is 3.45. The minimum atomic E-state index is -0.441. The summed E-state index contributed by atoms with van der Waals surface area (Å²) in [5.74, 6) is -0.269. The number of rotatable bonds is 2. The van der Waals surface area contributed by atoms with Crippen LogP contribution in [0.2, 0.25) is 0 Å². The van der Waals surface area contributed by atoms with Crippen molar-refractivity contribution < 1.29 is 14.3 Å². The first-order valence-corrected chi connectivity index (χ1v) is 7.14. The largest absolute Gasteiger partial charge is 0.465 e. The first-order chi connectivity index (χ1) is 10.1. The maximum absolute atomic E-state index is 11.8. The number of piperidine rings is 1. The van der Waals surface area contributed by atoms with Crippen LogP contribution < -0.4 is 16.0 Å². The topological polar surface area (TPSA) is 84.7 Å². The van der Waals surface area contributed by atoms with Crippen LogP contribution in [-0.2, 0) is 9.53 Å². The maximum atomic E-state index is 11.8. The molecule has 0 aromatic heterocycles. The second-order valence-electron chi connectivity index (χ2n) is 5.52. The summed E-state index contributed by atoms with van der Waals surface area (Å²) in [5.41, 5.74) is 7.52. The van der Waals surface area contributed by atoms with Gasteiger partial charge in [0.2, 0.25) is 5.91 Å². The smallest absolute Gasteiger partial charge is 0.340 e. The summed E-state index contributed by atoms with van der Waals surface area (Å²) in [6, 6.07) is 5.52. The van der Waals surface area contributed by atoms with Gasteiger partial charge in [-0.15, -0.1) is 0 Å². The van der Waals surface area contributed by atoms with Crippen LogP contribution in [0, 0.1) is 5.92 Å². The molecule has 2 heterocycles. The van der Waals surface area contributed by atoms with Crippen LogP contribution in [0.4, 0.5) is 11.4 Å². The Hall–Kier alpha value is -2.24. The van der Waals surface area contributed by atoms with E-state index in [1.54, 1.807) is 12.1 Å². The standard InChI is InChI=1S/C15H19N3O3/c1-21-15(20)11-7-9(4-5-12(11)16)18-6-2-3-10-13(18)8-17-14(10)19/h4-5,7,10,13H,2-3,6,8,16H2,1H3,(H,17,19). The molecule has 1 amide bonds. The highest BCUT2D eigenvalue weighted by atomic mass is 16.5. The molecule has 0 saturated carbocycles. The minimum absolute atomic E-state index is 0.0397. The van der Waals surface area contributed by atoms with Gasteiger partial charge in [0.25, 0.3) is 0 Å². The van der Waals surface area contributed by atoms with E-state index in [2.05, 4.69) is 10.2 Å². The van der Waals surface area contributed by atoms with Crippen LogP contribution >= 0.6 is 0 Å². The number of carbonyl (C=O) groups is 2. The van der Waals surface area contributed by atoms with Gasteiger partial charge in [-0.2, -0.15) is 0 Å². The van der Waals surface area contributed by atoms with Crippen molar-refractivity contribution in [3.8, 4) is 0 Å². The van der Waals surface area contributed by atoms with E-state index in [9.17, 15) is 9.59 Å². The predicted molar refractivity (Wildman–Crippen MR) is 79.1 cm³/mol. The highest BCUT2D eigenvalue weighted by Gasteiger charge is 2.40. The molecule has 0 bridgehead atoms. The second-order valence-corrected chi connectivity index (χ2v) is 5.52. The first-order valence-electron chi connectivity index (χ1n) is 7.14. The summed E-state index contributed by atoms with van der Waals surface area (Å²) < 4.78 is 4.76. The Morgan fingerprint density at radius 2 is 2.29 bits per heavy atom. The summed E-state index contributed by atoms with van der Waals surface area (Å²) in [5, 5.41) is 2.92. The molecule has 3 rings (SSSR count). The fourth-order valence-corrected chi connectivity index (χ4v) is 3.28. The molecule has 2 unspecified atom stereocenters. The number of nitrogens with two attached hydrogens (primary N) is 1. The summed E-state index contributed by atoms with van der Waals surface area (Å²) >= 11 is 0. The van der Waals surface area contributed by atoms with Gasteiger partial charge < -0.3 is 20.7 Å². The third kappa shape index (κ3) is 2.30. The Morgan fingerprint density at radius 3 is 3.05 bits per heavy atom. The number of methoxy groups -OCH3 is 1. The average molecular weight is 289 g/mol. The van der Waals surface area contributed by atoms with Crippen molar-refractivity contribution in [2.45, 2.75) is 18.9 Å². The summed E-state index contributed by atoms with van der Waals surface area (Å²) in [7, 11) is 1.34. The number of carbonyl (C=O) groups excluding carboxylic acids is 2. The lowest BCUT2D eigenvalue weighted by atomic mass is 9.91. The fourth-order valence-electron chi connectivity index (χ4n) is 3.28. The molecule has 21 heavy (non-hydrogen) atoms. The van der Waals surface area contributed by atoms with E-state index in [1.165, 1.54) is 7.11 Å². The molecule has 2 fully saturated rings. The van der Waals surface area contributed by atoms with E-state index in [-0.39, 0.29) is 17.9 Å². The zero-order valence-electron chi connectivity index (χ0n) is 12.0. The number of benzene rings is 1. The van der Waals surface area contributed by atoms with Crippen molar-refractivity contribution in [1.82, 2.24) is 5.32 Å². The van der Waals surface area contributed by atoms with Gasteiger partial charge in [0.1, 0.15) is 0 Å². The van der Waals surface area contributed by atoms with Crippen LogP contribution in [0.5, 0.6) is 0 Å². The van der Waals surface area contributed by atoms with E-state index in [1.807, 2.05) is 6.07 Å². The fraction of sp³-hybridized carbons (Fsp3) is 0.467. The number of anilines is 2. The maximum Gasteiger partial charge on any atom is 0.340 e. The lowest BCUT2D eigenvalue weighted by Crippen LogP contribution is -2.45. The van der Waals surface area contributed by atoms with Gasteiger partial charge in [-0.05, 0) is 31.0 Å². The summed E-state index contributed by atoms with van der Waals surface area (Å²) in [6.45, 7) is 1.53. The number of ether oxygens (including phenoxy) is 1. The van der Waals surface area contributed by atoms with Crippen molar-refractivity contribution in [2.75, 3.05) is 30.8 Å². The molecule has 0 aliphatic carbocycles. The monoisotopic (exact) mass is 289 g/mol. The van der Waals surface area contributed by atoms with Crippen LogP contribution in [0.1, 0.15) is 23.2 Å². The lowest BCUT2D eigenvalue weighted by Gasteiger charge is -2.38. The Bertz CT molecular complexity index is 588. The highest BCUT2D eigenvalue weighted by molar-refractivity contribution is 5.96. The Labute approximate surface area is 123 Å². The number of nitrogens with zero attached hydrogens (tertiary/aromatic N) is 1. The predicted octanol–water partition coefficient (Wildman–Crippen LogP) is 0.770. The molecule has 0 spiro atoms. The molecule has 2 aliphatic heterocycles. The van der Waals surface area contributed by atoms with Gasteiger partial charge in [0, 0.05) is 24.5 Å². The summed E-state index contributed by atoms with van der Waals surface area (Å²) in [6.07, 6.45) is 1.89. The number of fused-ring (bicyclic) bond motifs is 1. The Morgan fingerprint density at radius 1 is 1.48 bits per heavy atom. The minimum Gasteiger partial charge on any atom is -0.465 e. The van der Waals surface area contributed by atoms with Crippen molar-refractivity contribution in [3.63, 3.8) is 0 Å². The summed E-state index contributed by atoms with van der Waals surface area (Å²) in [4.78, 5) is 25.8. The van der Waals surface area contributed by atoms with Crippen molar-refractivity contribution in [3.05, 3.63) is 23.8 Å². The zero-order chi connectivity index (χ0) is 15.0. The molecule has 3 N–H and O–H groups in total. The molecule has 1 aromatic rings. The van der Waals surface area contributed by atoms with Crippen LogP contribution in [0.3, 0.4) is 0 Å². The number of esters is 1. The molecule has 112 valence electrons. The highest BCUT2D eigenvalue weighted by Crippen LogP contribution is 2.33. The van der Waals surface area contributed by atoms with Crippen LogP contribution in [0.25, 0.3) is 0 Å². The molecule has 0 radical (unpaired) electrons. The normalized spacial score (nSPS) is 24.4. The number of nitrogen functional groups attached to an aromatic ring is 1. The molecule has 2 atom stereocenters. The molecular weight excluding hydrogens is 270 g/mol. The molecule has 6 nitrogen and oxygen atoms in total. The van der Waals surface area contributed by atoms with Gasteiger partial charge in [0.15, 0.2) is 0 Å².